The number of alkyl halides is 3. The third-order valence-electron chi connectivity index (χ3n) is 18.5. The monoisotopic (exact) mass is 1810 g/mol. The van der Waals surface area contributed by atoms with Gasteiger partial charge < -0.3 is 110 Å². The van der Waals surface area contributed by atoms with E-state index in [1.54, 1.807) is 48.5 Å². The Morgan fingerprint density at radius 3 is 1.06 bits per heavy atom. The van der Waals surface area contributed by atoms with E-state index in [0.717, 1.165) is 117 Å². The number of benzene rings is 9. The van der Waals surface area contributed by atoms with Crippen LogP contribution in [0.3, 0.4) is 0 Å². The van der Waals surface area contributed by atoms with Crippen LogP contribution in [-0.2, 0) is 58.4 Å². The highest BCUT2D eigenvalue weighted by molar-refractivity contribution is 6.63. The summed E-state index contributed by atoms with van der Waals surface area (Å²) in [5.41, 5.74) is 27.1. The summed E-state index contributed by atoms with van der Waals surface area (Å²) in [4.78, 5) is 138. The van der Waals surface area contributed by atoms with Crippen molar-refractivity contribution in [2.75, 3.05) is 55.1 Å². The zero-order valence-corrected chi connectivity index (χ0v) is 70.9. The van der Waals surface area contributed by atoms with E-state index in [0.29, 0.717) is 29.9 Å². The number of rotatable bonds is 29. The summed E-state index contributed by atoms with van der Waals surface area (Å²) in [6.45, 7) is 13.5. The smallest absolute Gasteiger partial charge is 0.402 e. The fourth-order valence-electron chi connectivity index (χ4n) is 11.3. The second-order valence-electron chi connectivity index (χ2n) is 28.4. The second-order valence-corrected chi connectivity index (χ2v) is 29.2. The molecule has 0 atom stereocenters. The molecule has 0 saturated heterocycles. The molecule has 0 fully saturated rings. The van der Waals surface area contributed by atoms with Crippen molar-refractivity contribution in [1.29, 1.82) is 0 Å². The van der Waals surface area contributed by atoms with Crippen molar-refractivity contribution in [2.45, 2.75) is 103 Å². The number of aromatic hydroxyl groups is 5. The fourth-order valence-corrected chi connectivity index (χ4v) is 11.6. The van der Waals surface area contributed by atoms with Gasteiger partial charge in [-0.3, -0.25) is 9.59 Å². The molecule has 2 aliphatic heterocycles. The van der Waals surface area contributed by atoms with Gasteiger partial charge in [0.2, 0.25) is 10.5 Å². The number of cyclic esters (lactones) is 4. The maximum absolute atomic E-state index is 13.7. The van der Waals surface area contributed by atoms with Crippen molar-refractivity contribution in [3.8, 4) is 51.7 Å². The van der Waals surface area contributed by atoms with Crippen molar-refractivity contribution in [1.82, 2.24) is 0 Å². The molecule has 0 saturated carbocycles. The largest absolute Gasteiger partial charge is 0.508 e. The third-order valence-corrected chi connectivity index (χ3v) is 18.9. The molecule has 11 rings (SSSR count). The first-order valence-corrected chi connectivity index (χ1v) is 38.7. The zero-order chi connectivity index (χ0) is 96.5. The number of nitrogen functional groups attached to an aromatic ring is 5. The van der Waals surface area contributed by atoms with Crippen LogP contribution >= 0.6 is 23.2 Å². The molecular formula is C91H91Cl2F3N5O27-. The average molecular weight is 1820 g/mol. The number of anilines is 5. The summed E-state index contributed by atoms with van der Waals surface area (Å²) in [5, 5.41) is 65.0. The molecule has 17 N–H and O–H groups in total. The van der Waals surface area contributed by atoms with Crippen LogP contribution in [0.15, 0.2) is 194 Å². The van der Waals surface area contributed by atoms with Gasteiger partial charge in [0.15, 0.2) is 0 Å². The molecule has 32 nitrogen and oxygen atoms in total. The van der Waals surface area contributed by atoms with Crippen molar-refractivity contribution >= 4 is 122 Å². The van der Waals surface area contributed by atoms with Gasteiger partial charge in [-0.1, -0.05) is 77.0 Å². The molecule has 0 unspecified atom stereocenters. The molecule has 128 heavy (non-hydrogen) atoms. The average Bonchev–Trinajstić information content (AvgIpc) is 1.60. The number of carbonyl (C=O) groups is 12. The number of halogens is 5. The number of unbranched alkanes of at least 4 members (excludes halogenated alkanes) is 5. The van der Waals surface area contributed by atoms with Crippen LogP contribution in [0, 0.1) is 7.40 Å². The lowest BCUT2D eigenvalue weighted by atomic mass is 9.75. The summed E-state index contributed by atoms with van der Waals surface area (Å²) < 4.78 is 86.4. The van der Waals surface area contributed by atoms with Crippen LogP contribution in [-0.4, -0.2) is 139 Å². The number of phenols is 5. The normalized spacial score (nSPS) is 11.5. The number of esters is 8. The topological polar surface area (TPSA) is 550 Å². The highest BCUT2D eigenvalue weighted by Gasteiger charge is 2.54. The fraction of sp³-hybridized carbons (Fsp3) is 0.220. The van der Waals surface area contributed by atoms with E-state index in [1.165, 1.54) is 62.4 Å². The van der Waals surface area contributed by atoms with E-state index in [4.69, 9.17) is 86.8 Å². The molecule has 0 aromatic heterocycles. The number of hydrogen-bond donors (Lipinski definition) is 12. The minimum absolute atomic E-state index is 0.0540. The van der Waals surface area contributed by atoms with Crippen molar-refractivity contribution in [2.24, 2.45) is 0 Å². The molecule has 9 aromatic rings. The standard InChI is InChI=1S/C28H26O13.C16H6O7.C15H15F3N2O2.C15H18N2O2.C10H16Cl2O2.C6H7NO.CH3/c1-15(2)25(33)37-9-11-39-27(35)20-8-6-17(13-21(20)24(31)32)41-18-5-7-19(23(29)30)22(14-18)28(36)40-12-10-38-26(34)16(3)4;17-13-9-3-1-7(5-11(9)15(19)22-13)21-8-2-4-10-12(6-8)16(20)23-14(10)18;1-14(15(16,17)18,8-2-4-12(21)10(19)6-8)9-3-5-13(22)11(20)7-9;1-15(2,9-3-5-13(18)11(16)7-9)10-4-6-14(19)12(17)8-10;11-9(13)7-5-3-1-2-4-6-8-10(12)14;7-5-1-3-6(8)4-2-5;/h5-8,13-14H,1,3,9-12H2,2,4H3,(H,29,30)(H,31,32);1-6H;2-7,21-22H,19-20H2,1H3;3-8,18-19H,16-17H2,1-2H3;1-8H2;1-4,8H,7H2;1H3/q;;;;;;-1/i;;;;;;1D. The lowest BCUT2D eigenvalue weighted by molar-refractivity contribution is -0.173. The summed E-state index contributed by atoms with van der Waals surface area (Å²) >= 11 is 10.4. The molecular weight excluding hydrogens is 1720 g/mol. The predicted octanol–water partition coefficient (Wildman–Crippen LogP) is 16.3. The number of fused-ring (bicyclic) bond motifs is 2. The van der Waals surface area contributed by atoms with Gasteiger partial charge in [-0.15, -0.1) is 0 Å². The Labute approximate surface area is 742 Å². The van der Waals surface area contributed by atoms with Gasteiger partial charge in [-0.05, 0) is 225 Å². The van der Waals surface area contributed by atoms with Crippen LogP contribution in [0.5, 0.6) is 51.7 Å². The molecule has 9 aromatic carbocycles. The molecule has 0 aliphatic carbocycles. The van der Waals surface area contributed by atoms with Gasteiger partial charge in [0, 0.05) is 35.1 Å². The Morgan fingerprint density at radius 1 is 0.406 bits per heavy atom. The van der Waals surface area contributed by atoms with E-state index >= 15 is 0 Å². The van der Waals surface area contributed by atoms with Gasteiger partial charge >= 0.3 is 65.9 Å². The van der Waals surface area contributed by atoms with E-state index in [1.807, 2.05) is 26.0 Å². The quantitative estimate of drug-likeness (QED) is 0.00198. The first-order chi connectivity index (χ1) is 60.6. The molecule has 678 valence electrons. The molecule has 2 heterocycles. The first-order valence-electron chi connectivity index (χ1n) is 38.6. The van der Waals surface area contributed by atoms with Crippen LogP contribution in [0.25, 0.3) is 0 Å². The van der Waals surface area contributed by atoms with Crippen molar-refractivity contribution in [3.63, 3.8) is 0 Å². The van der Waals surface area contributed by atoms with E-state index in [2.05, 4.69) is 30.0 Å². The van der Waals surface area contributed by atoms with Gasteiger partial charge in [0.05, 0.1) is 67.3 Å². The lowest BCUT2D eigenvalue weighted by Crippen LogP contribution is -2.40. The minimum Gasteiger partial charge on any atom is -0.508 e. The zero-order valence-electron chi connectivity index (χ0n) is 70.3. The Kier molecular flexibility index (Phi) is 37.4. The van der Waals surface area contributed by atoms with Crippen LogP contribution in [0.4, 0.5) is 41.6 Å². The highest BCUT2D eigenvalue weighted by Crippen LogP contribution is 2.48. The second kappa shape index (κ2) is 47.1. The maximum Gasteiger partial charge on any atom is 0.402 e. The lowest BCUT2D eigenvalue weighted by Gasteiger charge is -2.33. The van der Waals surface area contributed by atoms with Crippen LogP contribution in [0.1, 0.15) is 192 Å². The summed E-state index contributed by atoms with van der Waals surface area (Å²) in [6, 6.07) is 38.8. The maximum atomic E-state index is 13.7. The minimum atomic E-state index is -4.64. The van der Waals surface area contributed by atoms with E-state index in [-0.39, 0.29) is 161 Å². The summed E-state index contributed by atoms with van der Waals surface area (Å²) in [5.74, 6) is -8.92. The molecule has 0 spiro atoms. The molecule has 0 amide bonds. The van der Waals surface area contributed by atoms with Gasteiger partial charge in [0.1, 0.15) is 83.6 Å². The van der Waals surface area contributed by atoms with Gasteiger partial charge in [0.25, 0.3) is 0 Å². The molecule has 0 radical (unpaired) electrons. The molecule has 37 heteroatoms. The predicted molar refractivity (Wildman–Crippen MR) is 464 cm³/mol. The van der Waals surface area contributed by atoms with Gasteiger partial charge in [-0.2, -0.15) is 13.2 Å². The first kappa shape index (κ1) is 102. The summed E-state index contributed by atoms with van der Waals surface area (Å²) in [7, 11) is 2.50. The Hall–Kier alpha value is -15.1. The molecule has 0 bridgehead atoms. The Bertz CT molecular complexity index is 5450. The number of carbonyl (C=O) groups excluding carboxylic acids is 10. The van der Waals surface area contributed by atoms with Crippen LogP contribution in [0.2, 0.25) is 0 Å². The number of ether oxygens (including phenoxy) is 8. The number of phenolic OH excluding ortho intramolecular Hbond substituents is 5. The number of hydrogen-bond acceptors (Lipinski definition) is 30. The highest BCUT2D eigenvalue weighted by atomic mass is 35.5. The van der Waals surface area contributed by atoms with Crippen molar-refractivity contribution in [3.05, 3.63) is 268 Å². The number of aromatic carboxylic acids is 2. The third kappa shape index (κ3) is 29.5. The van der Waals surface area contributed by atoms with Gasteiger partial charge in [-0.25, -0.2) is 49.3 Å². The number of carboxylic acid groups (broad SMARTS) is 2. The van der Waals surface area contributed by atoms with Crippen LogP contribution < -0.4 is 38.1 Å². The number of nitrogens with two attached hydrogens (primary N) is 5. The summed E-state index contributed by atoms with van der Waals surface area (Å²) in [6.07, 6.45) is 2.32. The van der Waals surface area contributed by atoms with E-state index < -0.39 is 82.4 Å². The van der Waals surface area contributed by atoms with E-state index in [9.17, 15) is 101 Å². The number of carboxylic acids is 2. The molecule has 2 aliphatic rings. The Morgan fingerprint density at radius 2 is 0.719 bits per heavy atom. The van der Waals surface area contributed by atoms with Crippen molar-refractivity contribution < 1.29 is 146 Å². The Balaban J connectivity index is 0.000000290. The SMILES string of the molecule is C=C(C)C(=O)OCCOC(=O)c1ccc(Oc2ccc(C(=O)O)c(C(=O)OCCOC(=O)C(=C)C)c2)cc1C(=O)O.CC(C)(c1ccc(O)c(N)c1)c1ccc(O)c(N)c1.CC(c1ccc(O)c(N)c1)(c1ccc(O)c(N)c1)C(F)(F)F.Nc1ccc(O)cc1.O=C(Cl)CCCCCCCCC(=O)Cl.O=C1OC(=O)c2cc(Oc3ccc4c(c3)C(=O)OC4=O)ccc21.[2H][CH2-].